The number of primary amides is 1. The fourth-order valence-corrected chi connectivity index (χ4v) is 2.71. The summed E-state index contributed by atoms with van der Waals surface area (Å²) >= 11 is 0. The van der Waals surface area contributed by atoms with Crippen LogP contribution in [0.5, 0.6) is 5.88 Å². The Hall–Kier alpha value is -2.18. The lowest BCUT2D eigenvalue weighted by molar-refractivity contribution is -0.121. The van der Waals surface area contributed by atoms with E-state index in [1.807, 2.05) is 0 Å². The quantitative estimate of drug-likeness (QED) is 0.901. The second-order valence-electron chi connectivity index (χ2n) is 5.76. The highest BCUT2D eigenvalue weighted by molar-refractivity contribution is 5.97. The zero-order chi connectivity index (χ0) is 15.7. The van der Waals surface area contributed by atoms with E-state index in [9.17, 15) is 14.0 Å². The van der Waals surface area contributed by atoms with E-state index in [0.717, 1.165) is 19.3 Å². The summed E-state index contributed by atoms with van der Waals surface area (Å²) in [4.78, 5) is 29.1. The number of ether oxygens (including phenoxy) is 1. The maximum absolute atomic E-state index is 13.5. The van der Waals surface area contributed by atoms with E-state index < -0.39 is 24.0 Å². The van der Waals surface area contributed by atoms with Gasteiger partial charge < -0.3 is 15.4 Å². The molecule has 3 rings (SSSR count). The number of amides is 2. The van der Waals surface area contributed by atoms with E-state index in [1.54, 1.807) is 0 Å². The van der Waals surface area contributed by atoms with E-state index in [4.69, 9.17) is 10.5 Å². The summed E-state index contributed by atoms with van der Waals surface area (Å²) in [5.41, 5.74) is 5.57. The summed E-state index contributed by atoms with van der Waals surface area (Å²) in [6, 6.07) is 2.16. The molecule has 22 heavy (non-hydrogen) atoms. The average molecular weight is 307 g/mol. The van der Waals surface area contributed by atoms with Crippen LogP contribution in [0.15, 0.2) is 18.3 Å². The topological polar surface area (TPSA) is 85.5 Å². The van der Waals surface area contributed by atoms with Crippen LogP contribution in [0.1, 0.15) is 36.0 Å². The molecule has 7 heteroatoms. The Kier molecular flexibility index (Phi) is 3.96. The minimum absolute atomic E-state index is 0.0441. The van der Waals surface area contributed by atoms with Gasteiger partial charge in [-0.15, -0.1) is 0 Å². The standard InChI is InChI=1S/C15H18FN3O3/c16-10-7-12(14(17)20)19(8-10)15(21)9-4-5-18-13(6-9)22-11-2-1-3-11/h4-6,10-12H,1-3,7-8H2,(H2,17,20)/t10-,12+/m1/s1. The van der Waals surface area contributed by atoms with Gasteiger partial charge in [0.15, 0.2) is 0 Å². The normalized spacial score (nSPS) is 24.9. The van der Waals surface area contributed by atoms with E-state index in [-0.39, 0.29) is 19.1 Å². The lowest BCUT2D eigenvalue weighted by atomic mass is 9.96. The third-order valence-corrected chi connectivity index (χ3v) is 4.16. The smallest absolute Gasteiger partial charge is 0.254 e. The minimum Gasteiger partial charge on any atom is -0.474 e. The number of nitrogens with two attached hydrogens (primary N) is 1. The number of alkyl halides is 1. The molecule has 2 amide bonds. The van der Waals surface area contributed by atoms with Gasteiger partial charge in [0.05, 0.1) is 6.54 Å². The van der Waals surface area contributed by atoms with Gasteiger partial charge in [-0.05, 0) is 25.3 Å². The van der Waals surface area contributed by atoms with Gasteiger partial charge in [0.1, 0.15) is 18.3 Å². The molecule has 2 aliphatic rings. The summed E-state index contributed by atoms with van der Waals surface area (Å²) in [7, 11) is 0. The molecule has 0 aromatic carbocycles. The Balaban J connectivity index is 1.76. The van der Waals surface area contributed by atoms with E-state index in [1.165, 1.54) is 23.2 Å². The number of halogens is 1. The van der Waals surface area contributed by atoms with E-state index in [2.05, 4.69) is 4.98 Å². The summed E-state index contributed by atoms with van der Waals surface area (Å²) in [6.45, 7) is -0.117. The number of hydrogen-bond donors (Lipinski definition) is 1. The number of nitrogens with zero attached hydrogens (tertiary/aromatic N) is 2. The van der Waals surface area contributed by atoms with Crippen LogP contribution < -0.4 is 10.5 Å². The zero-order valence-corrected chi connectivity index (χ0v) is 12.1. The van der Waals surface area contributed by atoms with Crippen molar-refractivity contribution in [1.29, 1.82) is 0 Å². The number of likely N-dealkylation sites (tertiary alicyclic amines) is 1. The van der Waals surface area contributed by atoms with Gasteiger partial charge in [0, 0.05) is 24.2 Å². The van der Waals surface area contributed by atoms with E-state index in [0.29, 0.717) is 11.4 Å². The fourth-order valence-electron chi connectivity index (χ4n) is 2.71. The van der Waals surface area contributed by atoms with Crippen LogP contribution in [-0.2, 0) is 4.79 Å². The van der Waals surface area contributed by atoms with Gasteiger partial charge in [0.25, 0.3) is 5.91 Å². The number of carbonyl (C=O) groups is 2. The molecule has 6 nitrogen and oxygen atoms in total. The Morgan fingerprint density at radius 3 is 2.82 bits per heavy atom. The second-order valence-corrected chi connectivity index (χ2v) is 5.76. The molecule has 0 spiro atoms. The third-order valence-electron chi connectivity index (χ3n) is 4.16. The maximum Gasteiger partial charge on any atom is 0.254 e. The van der Waals surface area contributed by atoms with Crippen molar-refractivity contribution in [3.63, 3.8) is 0 Å². The predicted octanol–water partition coefficient (Wildman–Crippen LogP) is 1.05. The highest BCUT2D eigenvalue weighted by Crippen LogP contribution is 2.26. The van der Waals surface area contributed by atoms with Crippen molar-refractivity contribution in [2.45, 2.75) is 44.0 Å². The van der Waals surface area contributed by atoms with Crippen molar-refractivity contribution in [3.8, 4) is 5.88 Å². The maximum atomic E-state index is 13.5. The Labute approximate surface area is 127 Å². The Bertz CT molecular complexity index is 591. The van der Waals surface area contributed by atoms with Crippen molar-refractivity contribution in [2.24, 2.45) is 5.73 Å². The van der Waals surface area contributed by atoms with Crippen LogP contribution in [-0.4, -0.2) is 46.6 Å². The van der Waals surface area contributed by atoms with Crippen molar-refractivity contribution < 1.29 is 18.7 Å². The first kappa shape index (κ1) is 14.7. The van der Waals surface area contributed by atoms with Gasteiger partial charge in [-0.25, -0.2) is 9.37 Å². The number of hydrogen-bond acceptors (Lipinski definition) is 4. The second kappa shape index (κ2) is 5.90. The van der Waals surface area contributed by atoms with Crippen LogP contribution in [0.3, 0.4) is 0 Å². The van der Waals surface area contributed by atoms with Crippen LogP contribution in [0, 0.1) is 0 Å². The summed E-state index contributed by atoms with van der Waals surface area (Å²) in [5, 5.41) is 0. The molecule has 0 radical (unpaired) electrons. The lowest BCUT2D eigenvalue weighted by Crippen LogP contribution is -2.43. The van der Waals surface area contributed by atoms with Crippen LogP contribution in [0.25, 0.3) is 0 Å². The first-order valence-corrected chi connectivity index (χ1v) is 7.41. The molecule has 2 N–H and O–H groups in total. The van der Waals surface area contributed by atoms with Crippen LogP contribution in [0.4, 0.5) is 4.39 Å². The molecule has 1 aliphatic carbocycles. The number of aromatic nitrogens is 1. The van der Waals surface area contributed by atoms with Crippen molar-refractivity contribution in [3.05, 3.63) is 23.9 Å². The molecule has 1 saturated heterocycles. The first-order chi connectivity index (χ1) is 10.5. The van der Waals surface area contributed by atoms with Crippen molar-refractivity contribution in [1.82, 2.24) is 9.88 Å². The molecule has 2 heterocycles. The van der Waals surface area contributed by atoms with E-state index >= 15 is 0 Å². The van der Waals surface area contributed by atoms with Gasteiger partial charge in [-0.3, -0.25) is 9.59 Å². The predicted molar refractivity (Wildman–Crippen MR) is 76.0 cm³/mol. The Morgan fingerprint density at radius 1 is 1.41 bits per heavy atom. The summed E-state index contributed by atoms with van der Waals surface area (Å²) in [5.74, 6) is -0.736. The van der Waals surface area contributed by atoms with Crippen molar-refractivity contribution in [2.75, 3.05) is 6.54 Å². The monoisotopic (exact) mass is 307 g/mol. The summed E-state index contributed by atoms with van der Waals surface area (Å²) in [6.07, 6.45) is 3.46. The Morgan fingerprint density at radius 2 is 2.18 bits per heavy atom. The lowest BCUT2D eigenvalue weighted by Gasteiger charge is -2.26. The van der Waals surface area contributed by atoms with Gasteiger partial charge in [0.2, 0.25) is 11.8 Å². The van der Waals surface area contributed by atoms with Crippen LogP contribution >= 0.6 is 0 Å². The first-order valence-electron chi connectivity index (χ1n) is 7.41. The molecule has 118 valence electrons. The molecule has 2 fully saturated rings. The third kappa shape index (κ3) is 2.88. The molecule has 0 unspecified atom stereocenters. The largest absolute Gasteiger partial charge is 0.474 e. The number of rotatable bonds is 4. The molecule has 0 bridgehead atoms. The van der Waals surface area contributed by atoms with Gasteiger partial charge in [-0.2, -0.15) is 0 Å². The molecule has 1 saturated carbocycles. The number of pyridine rings is 1. The molecular weight excluding hydrogens is 289 g/mol. The van der Waals surface area contributed by atoms with Crippen LogP contribution in [0.2, 0.25) is 0 Å². The van der Waals surface area contributed by atoms with Crippen molar-refractivity contribution >= 4 is 11.8 Å². The minimum atomic E-state index is -1.23. The number of carbonyl (C=O) groups excluding carboxylic acids is 2. The molecule has 1 aromatic heterocycles. The highest BCUT2D eigenvalue weighted by Gasteiger charge is 2.39. The molecule has 1 aromatic rings. The summed E-state index contributed by atoms with van der Waals surface area (Å²) < 4.78 is 19.2. The average Bonchev–Trinajstić information content (AvgIpc) is 2.85. The zero-order valence-electron chi connectivity index (χ0n) is 12.1. The SMILES string of the molecule is NC(=O)[C@@H]1C[C@@H](F)CN1C(=O)c1ccnc(OC2CCC2)c1. The van der Waals surface area contributed by atoms with Gasteiger partial charge >= 0.3 is 0 Å². The molecule has 1 aliphatic heterocycles. The van der Waals surface area contributed by atoms with Gasteiger partial charge in [-0.1, -0.05) is 0 Å². The molecular formula is C15H18FN3O3. The fraction of sp³-hybridized carbons (Fsp3) is 0.533. The molecule has 2 atom stereocenters. The highest BCUT2D eigenvalue weighted by atomic mass is 19.1.